The van der Waals surface area contributed by atoms with Crippen molar-refractivity contribution in [1.29, 1.82) is 5.26 Å². The Morgan fingerprint density at radius 1 is 1.33 bits per heavy atom. The van der Waals surface area contributed by atoms with Crippen molar-refractivity contribution in [1.82, 2.24) is 0 Å². The summed E-state index contributed by atoms with van der Waals surface area (Å²) in [4.78, 5) is 11.7. The van der Waals surface area contributed by atoms with Gasteiger partial charge in [-0.25, -0.2) is 4.79 Å². The lowest BCUT2D eigenvalue weighted by atomic mass is 10.1. The van der Waals surface area contributed by atoms with E-state index in [1.54, 1.807) is 26.0 Å². The number of carbonyl (C=O) groups excluding carboxylic acids is 1. The second-order valence-corrected chi connectivity index (χ2v) is 4.77. The molecule has 21 heavy (non-hydrogen) atoms. The first-order valence-electron chi connectivity index (χ1n) is 6.17. The molecule has 1 aromatic carbocycles. The van der Waals surface area contributed by atoms with Crippen molar-refractivity contribution in [2.75, 3.05) is 14.2 Å². The lowest BCUT2D eigenvalue weighted by Crippen LogP contribution is -2.12. The molecule has 0 spiro atoms. The van der Waals surface area contributed by atoms with Gasteiger partial charge in [0.2, 0.25) is 0 Å². The van der Waals surface area contributed by atoms with Crippen LogP contribution in [0.4, 0.5) is 0 Å². The first-order chi connectivity index (χ1) is 9.92. The molecule has 0 unspecified atom stereocenters. The largest absolute Gasteiger partial charge is 0.493 e. The van der Waals surface area contributed by atoms with E-state index in [1.165, 1.54) is 20.3 Å². The Balaban J connectivity index is 3.21. The summed E-state index contributed by atoms with van der Waals surface area (Å²) in [7, 11) is 2.94. The van der Waals surface area contributed by atoms with E-state index in [-0.39, 0.29) is 11.7 Å². The van der Waals surface area contributed by atoms with Gasteiger partial charge >= 0.3 is 5.97 Å². The maximum atomic E-state index is 11.7. The Labute approximate surface area is 128 Å². The first kappa shape index (κ1) is 16.9. The SMILES string of the molecule is COc1cc(/C=C(\C#N)C(=O)OC(C)C)cc(Cl)c1OC. The zero-order valence-corrected chi connectivity index (χ0v) is 13.0. The molecule has 0 heterocycles. The molecule has 0 N–H and O–H groups in total. The molecule has 0 saturated heterocycles. The summed E-state index contributed by atoms with van der Waals surface area (Å²) in [6.45, 7) is 3.42. The second-order valence-electron chi connectivity index (χ2n) is 4.36. The van der Waals surface area contributed by atoms with Gasteiger partial charge in [0.15, 0.2) is 11.5 Å². The van der Waals surface area contributed by atoms with Crippen molar-refractivity contribution in [2.45, 2.75) is 20.0 Å². The molecule has 6 heteroatoms. The summed E-state index contributed by atoms with van der Waals surface area (Å²) in [5.74, 6) is 0.115. The highest BCUT2D eigenvalue weighted by Crippen LogP contribution is 2.36. The monoisotopic (exact) mass is 309 g/mol. The summed E-state index contributed by atoms with van der Waals surface area (Å²) in [6, 6.07) is 5.00. The van der Waals surface area contributed by atoms with Crippen LogP contribution in [0.3, 0.4) is 0 Å². The zero-order valence-electron chi connectivity index (χ0n) is 12.3. The van der Waals surface area contributed by atoms with Gasteiger partial charge in [-0.1, -0.05) is 11.6 Å². The number of carbonyl (C=O) groups is 1. The van der Waals surface area contributed by atoms with Crippen molar-refractivity contribution < 1.29 is 19.0 Å². The number of ether oxygens (including phenoxy) is 3. The molecule has 0 radical (unpaired) electrons. The smallest absolute Gasteiger partial charge is 0.349 e. The van der Waals surface area contributed by atoms with Crippen LogP contribution < -0.4 is 9.47 Å². The van der Waals surface area contributed by atoms with Gasteiger partial charge in [0.05, 0.1) is 25.3 Å². The van der Waals surface area contributed by atoms with Gasteiger partial charge in [-0.2, -0.15) is 5.26 Å². The molecule has 0 aliphatic heterocycles. The minimum absolute atomic E-state index is 0.119. The van der Waals surface area contributed by atoms with Gasteiger partial charge in [0, 0.05) is 0 Å². The summed E-state index contributed by atoms with van der Waals surface area (Å²) in [5.41, 5.74) is 0.418. The molecule has 112 valence electrons. The molecular weight excluding hydrogens is 294 g/mol. The molecule has 0 aromatic heterocycles. The molecule has 1 aromatic rings. The van der Waals surface area contributed by atoms with Crippen molar-refractivity contribution >= 4 is 23.6 Å². The zero-order chi connectivity index (χ0) is 16.0. The standard InChI is InChI=1S/C15H16ClNO4/c1-9(2)21-15(18)11(8-17)5-10-6-12(16)14(20-4)13(7-10)19-3/h5-7,9H,1-4H3/b11-5+. The normalized spacial score (nSPS) is 11.0. The van der Waals surface area contributed by atoms with Crippen LogP contribution in [0.25, 0.3) is 6.08 Å². The molecule has 5 nitrogen and oxygen atoms in total. The quantitative estimate of drug-likeness (QED) is 0.474. The fourth-order valence-electron chi connectivity index (χ4n) is 1.60. The third-order valence-electron chi connectivity index (χ3n) is 2.45. The highest BCUT2D eigenvalue weighted by atomic mass is 35.5. The number of hydrogen-bond donors (Lipinski definition) is 0. The van der Waals surface area contributed by atoms with E-state index in [0.717, 1.165) is 0 Å². The van der Waals surface area contributed by atoms with Crippen molar-refractivity contribution in [3.63, 3.8) is 0 Å². The number of benzene rings is 1. The van der Waals surface area contributed by atoms with Gasteiger partial charge in [0.1, 0.15) is 11.6 Å². The van der Waals surface area contributed by atoms with Gasteiger partial charge < -0.3 is 14.2 Å². The van der Waals surface area contributed by atoms with Gasteiger partial charge in [-0.15, -0.1) is 0 Å². The van der Waals surface area contributed by atoms with Crippen LogP contribution in [0.2, 0.25) is 5.02 Å². The average molecular weight is 310 g/mol. The third kappa shape index (κ3) is 4.40. The number of nitrogens with zero attached hydrogens (tertiary/aromatic N) is 1. The topological polar surface area (TPSA) is 68.5 Å². The summed E-state index contributed by atoms with van der Waals surface area (Å²) >= 11 is 6.07. The minimum Gasteiger partial charge on any atom is -0.493 e. The molecule has 0 atom stereocenters. The van der Waals surface area contributed by atoms with Crippen LogP contribution in [0, 0.1) is 11.3 Å². The average Bonchev–Trinajstić information content (AvgIpc) is 2.43. The Morgan fingerprint density at radius 3 is 2.48 bits per heavy atom. The van der Waals surface area contributed by atoms with Gasteiger partial charge in [0.25, 0.3) is 0 Å². The minimum atomic E-state index is -0.682. The molecule has 0 fully saturated rings. The fourth-order valence-corrected chi connectivity index (χ4v) is 1.90. The van der Waals surface area contributed by atoms with Crippen molar-refractivity contribution in [3.05, 3.63) is 28.3 Å². The second kappa shape index (κ2) is 7.55. The van der Waals surface area contributed by atoms with E-state index >= 15 is 0 Å². The van der Waals surface area contributed by atoms with Crippen molar-refractivity contribution in [3.8, 4) is 17.6 Å². The predicted molar refractivity (Wildman–Crippen MR) is 79.4 cm³/mol. The van der Waals surface area contributed by atoms with Gasteiger partial charge in [-0.05, 0) is 37.6 Å². The molecule has 0 aliphatic carbocycles. The molecule has 0 aliphatic rings. The van der Waals surface area contributed by atoms with Crippen LogP contribution in [0.1, 0.15) is 19.4 Å². The molecule has 1 rings (SSSR count). The van der Waals surface area contributed by atoms with Crippen molar-refractivity contribution in [2.24, 2.45) is 0 Å². The van der Waals surface area contributed by atoms with E-state index in [4.69, 9.17) is 31.1 Å². The number of methoxy groups -OCH3 is 2. The Morgan fingerprint density at radius 2 is 2.00 bits per heavy atom. The molecule has 0 saturated carbocycles. The van der Waals surface area contributed by atoms with Crippen LogP contribution in [-0.2, 0) is 9.53 Å². The van der Waals surface area contributed by atoms with E-state index in [0.29, 0.717) is 22.1 Å². The van der Waals surface area contributed by atoms with Crippen LogP contribution in [0.15, 0.2) is 17.7 Å². The Hall–Kier alpha value is -2.19. The summed E-state index contributed by atoms with van der Waals surface area (Å²) < 4.78 is 15.3. The molecule has 0 bridgehead atoms. The first-order valence-corrected chi connectivity index (χ1v) is 6.55. The van der Waals surface area contributed by atoms with E-state index in [9.17, 15) is 4.79 Å². The van der Waals surface area contributed by atoms with E-state index in [1.807, 2.05) is 6.07 Å². The highest BCUT2D eigenvalue weighted by molar-refractivity contribution is 6.32. The number of esters is 1. The maximum Gasteiger partial charge on any atom is 0.349 e. The van der Waals surface area contributed by atoms with Crippen LogP contribution in [0.5, 0.6) is 11.5 Å². The fraction of sp³-hybridized carbons (Fsp3) is 0.333. The van der Waals surface area contributed by atoms with Crippen LogP contribution in [-0.4, -0.2) is 26.3 Å². The van der Waals surface area contributed by atoms with Crippen LogP contribution >= 0.6 is 11.6 Å². The Bertz CT molecular complexity index is 602. The van der Waals surface area contributed by atoms with E-state index in [2.05, 4.69) is 0 Å². The number of rotatable bonds is 5. The lowest BCUT2D eigenvalue weighted by Gasteiger charge is -2.10. The highest BCUT2D eigenvalue weighted by Gasteiger charge is 2.15. The van der Waals surface area contributed by atoms with Gasteiger partial charge in [-0.3, -0.25) is 0 Å². The summed E-state index contributed by atoms with van der Waals surface area (Å²) in [5, 5.41) is 9.38. The molecular formula is C15H16ClNO4. The third-order valence-corrected chi connectivity index (χ3v) is 2.73. The number of halogens is 1. The number of hydrogen-bond acceptors (Lipinski definition) is 5. The van der Waals surface area contributed by atoms with E-state index < -0.39 is 5.97 Å². The Kier molecular flexibility index (Phi) is 6.07. The predicted octanol–water partition coefficient (Wildman–Crippen LogP) is 3.22. The maximum absolute atomic E-state index is 11.7. The summed E-state index contributed by atoms with van der Waals surface area (Å²) in [6.07, 6.45) is 1.08. The molecule has 0 amide bonds. The number of nitriles is 1. The lowest BCUT2D eigenvalue weighted by molar-refractivity contribution is -0.142.